The van der Waals surface area contributed by atoms with Gasteiger partial charge >= 0.3 is 0 Å². The number of halogens is 1. The monoisotopic (exact) mass is 404 g/mol. The van der Waals surface area contributed by atoms with E-state index < -0.39 is 27.7 Å². The highest BCUT2D eigenvalue weighted by atomic mass is 32.2. The van der Waals surface area contributed by atoms with Gasteiger partial charge in [0.15, 0.2) is 0 Å². The lowest BCUT2D eigenvalue weighted by Crippen LogP contribution is -2.36. The Hall–Kier alpha value is -2.25. The highest BCUT2D eigenvalue weighted by Crippen LogP contribution is 2.36. The van der Waals surface area contributed by atoms with Gasteiger partial charge in [0.1, 0.15) is 5.82 Å². The van der Waals surface area contributed by atoms with Crippen LogP contribution in [-0.4, -0.2) is 38.3 Å². The number of hydrogen-bond donors (Lipinski definition) is 1. The van der Waals surface area contributed by atoms with Crippen LogP contribution in [0.25, 0.3) is 0 Å². The van der Waals surface area contributed by atoms with Gasteiger partial charge in [0.25, 0.3) is 0 Å². The SMILES string of the molecule is CCCCNC(=O)[C@H]1CN(S(=O)(=O)c2ccccc2)C[C@H]1c1cccc(F)c1. The highest BCUT2D eigenvalue weighted by Gasteiger charge is 2.43. The van der Waals surface area contributed by atoms with E-state index in [0.29, 0.717) is 12.1 Å². The third-order valence-electron chi connectivity index (χ3n) is 5.11. The quantitative estimate of drug-likeness (QED) is 0.721. The van der Waals surface area contributed by atoms with Crippen LogP contribution >= 0.6 is 0 Å². The number of hydrogen-bond acceptors (Lipinski definition) is 3. The van der Waals surface area contributed by atoms with Gasteiger partial charge in [-0.25, -0.2) is 12.8 Å². The lowest BCUT2D eigenvalue weighted by molar-refractivity contribution is -0.124. The largest absolute Gasteiger partial charge is 0.356 e. The molecule has 1 N–H and O–H groups in total. The van der Waals surface area contributed by atoms with Crippen molar-refractivity contribution in [2.24, 2.45) is 5.92 Å². The van der Waals surface area contributed by atoms with E-state index in [1.54, 1.807) is 42.5 Å². The van der Waals surface area contributed by atoms with E-state index in [2.05, 4.69) is 5.32 Å². The molecule has 0 saturated carbocycles. The molecule has 3 rings (SSSR count). The third kappa shape index (κ3) is 4.42. The molecule has 0 bridgehead atoms. The summed E-state index contributed by atoms with van der Waals surface area (Å²) < 4.78 is 41.1. The molecule has 1 heterocycles. The van der Waals surface area contributed by atoms with Gasteiger partial charge < -0.3 is 5.32 Å². The van der Waals surface area contributed by atoms with Crippen LogP contribution in [0.5, 0.6) is 0 Å². The normalized spacial score (nSPS) is 20.2. The molecule has 28 heavy (non-hydrogen) atoms. The number of sulfonamides is 1. The molecule has 2 aromatic rings. The number of rotatable bonds is 7. The summed E-state index contributed by atoms with van der Waals surface area (Å²) >= 11 is 0. The van der Waals surface area contributed by atoms with E-state index in [9.17, 15) is 17.6 Å². The summed E-state index contributed by atoms with van der Waals surface area (Å²) in [7, 11) is -3.72. The van der Waals surface area contributed by atoms with Crippen LogP contribution in [0.2, 0.25) is 0 Å². The first-order chi connectivity index (χ1) is 13.4. The Morgan fingerprint density at radius 2 is 1.89 bits per heavy atom. The number of benzene rings is 2. The Balaban J connectivity index is 1.89. The molecule has 1 fully saturated rings. The number of amides is 1. The van der Waals surface area contributed by atoms with Crippen molar-refractivity contribution < 1.29 is 17.6 Å². The summed E-state index contributed by atoms with van der Waals surface area (Å²) in [6.45, 7) is 2.81. The maximum absolute atomic E-state index is 13.8. The summed E-state index contributed by atoms with van der Waals surface area (Å²) in [5.74, 6) is -1.53. The van der Waals surface area contributed by atoms with Crippen molar-refractivity contribution in [2.45, 2.75) is 30.6 Å². The summed E-state index contributed by atoms with van der Waals surface area (Å²) in [5, 5.41) is 2.90. The lowest BCUT2D eigenvalue weighted by atomic mass is 9.88. The van der Waals surface area contributed by atoms with Crippen molar-refractivity contribution >= 4 is 15.9 Å². The Bertz CT molecular complexity index is 918. The Morgan fingerprint density at radius 3 is 2.57 bits per heavy atom. The average molecular weight is 405 g/mol. The molecule has 1 amide bonds. The van der Waals surface area contributed by atoms with Crippen LogP contribution in [0.4, 0.5) is 4.39 Å². The first kappa shape index (κ1) is 20.5. The van der Waals surface area contributed by atoms with Gasteiger partial charge in [0, 0.05) is 25.6 Å². The first-order valence-corrected chi connectivity index (χ1v) is 11.0. The van der Waals surface area contributed by atoms with E-state index >= 15 is 0 Å². The van der Waals surface area contributed by atoms with Crippen molar-refractivity contribution in [3.05, 3.63) is 66.0 Å². The molecule has 0 unspecified atom stereocenters. The first-order valence-electron chi connectivity index (χ1n) is 9.52. The fourth-order valence-corrected chi connectivity index (χ4v) is 5.08. The van der Waals surface area contributed by atoms with E-state index in [1.165, 1.54) is 16.4 Å². The van der Waals surface area contributed by atoms with Crippen molar-refractivity contribution in [3.63, 3.8) is 0 Å². The summed E-state index contributed by atoms with van der Waals surface area (Å²) in [5.41, 5.74) is 0.640. The van der Waals surface area contributed by atoms with E-state index in [0.717, 1.165) is 12.8 Å². The number of unbranched alkanes of at least 4 members (excludes halogenated alkanes) is 1. The Labute approximate surface area is 165 Å². The molecule has 1 saturated heterocycles. The second-order valence-corrected chi connectivity index (χ2v) is 8.99. The predicted octanol–water partition coefficient (Wildman–Crippen LogP) is 3.15. The van der Waals surface area contributed by atoms with Crippen LogP contribution in [-0.2, 0) is 14.8 Å². The van der Waals surface area contributed by atoms with E-state index in [4.69, 9.17) is 0 Å². The van der Waals surface area contributed by atoms with Crippen LogP contribution in [0.3, 0.4) is 0 Å². The Morgan fingerprint density at radius 1 is 1.14 bits per heavy atom. The fourth-order valence-electron chi connectivity index (χ4n) is 3.57. The molecule has 7 heteroatoms. The van der Waals surface area contributed by atoms with Crippen molar-refractivity contribution in [1.82, 2.24) is 9.62 Å². The molecule has 0 spiro atoms. The van der Waals surface area contributed by atoms with Crippen LogP contribution in [0.1, 0.15) is 31.2 Å². The molecule has 0 aliphatic carbocycles. The molecular weight excluding hydrogens is 379 g/mol. The molecule has 1 aliphatic rings. The van der Waals surface area contributed by atoms with Crippen LogP contribution in [0, 0.1) is 11.7 Å². The minimum absolute atomic E-state index is 0.0797. The van der Waals surface area contributed by atoms with Crippen LogP contribution in [0.15, 0.2) is 59.5 Å². The van der Waals surface area contributed by atoms with Gasteiger partial charge in [-0.2, -0.15) is 4.31 Å². The third-order valence-corrected chi connectivity index (χ3v) is 6.96. The molecule has 1 aliphatic heterocycles. The second-order valence-electron chi connectivity index (χ2n) is 7.05. The molecule has 0 aromatic heterocycles. The molecule has 2 aromatic carbocycles. The minimum atomic E-state index is -3.72. The maximum atomic E-state index is 13.8. The molecule has 0 radical (unpaired) electrons. The zero-order valence-electron chi connectivity index (χ0n) is 15.8. The smallest absolute Gasteiger partial charge is 0.243 e. The summed E-state index contributed by atoms with van der Waals surface area (Å²) in [6, 6.07) is 14.2. The highest BCUT2D eigenvalue weighted by molar-refractivity contribution is 7.89. The Kier molecular flexibility index (Phi) is 6.46. The standard InChI is InChI=1S/C21H25FN2O3S/c1-2-3-12-23-21(25)20-15-24(28(26,27)18-10-5-4-6-11-18)14-19(20)16-8-7-9-17(22)13-16/h4-11,13,19-20H,2-3,12,14-15H2,1H3,(H,23,25)/t19-,20-/m0/s1. The zero-order chi connectivity index (χ0) is 20.1. The number of carbonyl (C=O) groups is 1. The summed E-state index contributed by atoms with van der Waals surface area (Å²) in [6.07, 6.45) is 1.81. The van der Waals surface area contributed by atoms with Crippen molar-refractivity contribution in [3.8, 4) is 0 Å². The molecule has 5 nitrogen and oxygen atoms in total. The van der Waals surface area contributed by atoms with Gasteiger partial charge in [-0.05, 0) is 36.2 Å². The van der Waals surface area contributed by atoms with Crippen LogP contribution < -0.4 is 5.32 Å². The number of nitrogens with zero attached hydrogens (tertiary/aromatic N) is 1. The van der Waals surface area contributed by atoms with Gasteiger partial charge in [-0.1, -0.05) is 43.7 Å². The van der Waals surface area contributed by atoms with Crippen molar-refractivity contribution in [2.75, 3.05) is 19.6 Å². The fraction of sp³-hybridized carbons (Fsp3) is 0.381. The predicted molar refractivity (Wildman–Crippen MR) is 106 cm³/mol. The number of carbonyl (C=O) groups excluding carboxylic acids is 1. The van der Waals surface area contributed by atoms with Gasteiger partial charge in [0.2, 0.25) is 15.9 Å². The topological polar surface area (TPSA) is 66.5 Å². The molecule has 150 valence electrons. The second kappa shape index (κ2) is 8.84. The van der Waals surface area contributed by atoms with E-state index in [-0.39, 0.29) is 23.9 Å². The lowest BCUT2D eigenvalue weighted by Gasteiger charge is -2.18. The minimum Gasteiger partial charge on any atom is -0.356 e. The zero-order valence-corrected chi connectivity index (χ0v) is 16.7. The van der Waals surface area contributed by atoms with Gasteiger partial charge in [-0.15, -0.1) is 0 Å². The summed E-state index contributed by atoms with van der Waals surface area (Å²) in [4.78, 5) is 13.0. The van der Waals surface area contributed by atoms with E-state index in [1.807, 2.05) is 6.92 Å². The van der Waals surface area contributed by atoms with Gasteiger partial charge in [0.05, 0.1) is 10.8 Å². The maximum Gasteiger partial charge on any atom is 0.243 e. The average Bonchev–Trinajstić information content (AvgIpc) is 3.15. The van der Waals surface area contributed by atoms with Gasteiger partial charge in [-0.3, -0.25) is 4.79 Å². The molecular formula is C21H25FN2O3S. The van der Waals surface area contributed by atoms with Crippen molar-refractivity contribution in [1.29, 1.82) is 0 Å². The molecule has 2 atom stereocenters. The number of nitrogens with one attached hydrogen (secondary N) is 1.